The highest BCUT2D eigenvalue weighted by Crippen LogP contribution is 2.28. The van der Waals surface area contributed by atoms with Crippen molar-refractivity contribution < 1.29 is 19.1 Å². The highest BCUT2D eigenvalue weighted by atomic mass is 16.5. The van der Waals surface area contributed by atoms with Crippen LogP contribution in [-0.4, -0.2) is 32.0 Å². The first-order valence-corrected chi connectivity index (χ1v) is 8.40. The number of methoxy groups -OCH3 is 1. The summed E-state index contributed by atoms with van der Waals surface area (Å²) in [6.45, 7) is 4.30. The molecule has 0 fully saturated rings. The van der Waals surface area contributed by atoms with Crippen molar-refractivity contribution in [1.82, 2.24) is 5.32 Å². The molecule has 26 heavy (non-hydrogen) atoms. The van der Waals surface area contributed by atoms with Gasteiger partial charge in [0.05, 0.1) is 7.11 Å². The Morgan fingerprint density at radius 3 is 2.46 bits per heavy atom. The summed E-state index contributed by atoms with van der Waals surface area (Å²) >= 11 is 0. The molecule has 2 aromatic carbocycles. The lowest BCUT2D eigenvalue weighted by Gasteiger charge is -2.11. The molecular formula is C21H23NO4. The van der Waals surface area contributed by atoms with Gasteiger partial charge in [0, 0.05) is 12.1 Å². The van der Waals surface area contributed by atoms with Crippen LogP contribution in [0.15, 0.2) is 48.5 Å². The van der Waals surface area contributed by atoms with Gasteiger partial charge in [-0.2, -0.15) is 0 Å². The van der Waals surface area contributed by atoms with E-state index >= 15 is 0 Å². The molecule has 1 amide bonds. The molecule has 0 heterocycles. The number of hydrogen-bond acceptors (Lipinski definition) is 4. The van der Waals surface area contributed by atoms with E-state index in [9.17, 15) is 9.59 Å². The van der Waals surface area contributed by atoms with Gasteiger partial charge in [-0.15, -0.1) is 0 Å². The zero-order valence-electron chi connectivity index (χ0n) is 15.2. The van der Waals surface area contributed by atoms with Gasteiger partial charge in [0.2, 0.25) is 0 Å². The summed E-state index contributed by atoms with van der Waals surface area (Å²) in [4.78, 5) is 23.7. The molecule has 0 aliphatic heterocycles. The van der Waals surface area contributed by atoms with Crippen LogP contribution in [0.25, 0.3) is 6.08 Å². The summed E-state index contributed by atoms with van der Waals surface area (Å²) in [6, 6.07) is 12.7. The molecular weight excluding hydrogens is 330 g/mol. The number of carbonyl (C=O) groups is 2. The van der Waals surface area contributed by atoms with Crippen LogP contribution in [0.3, 0.4) is 0 Å². The Morgan fingerprint density at radius 2 is 1.81 bits per heavy atom. The third-order valence-corrected chi connectivity index (χ3v) is 3.68. The van der Waals surface area contributed by atoms with E-state index in [0.29, 0.717) is 23.6 Å². The Bertz CT molecular complexity index is 794. The van der Waals surface area contributed by atoms with Crippen LogP contribution in [0.4, 0.5) is 0 Å². The van der Waals surface area contributed by atoms with E-state index in [1.807, 2.05) is 26.0 Å². The minimum absolute atomic E-state index is 0.0690. The maximum Gasteiger partial charge on any atom is 0.257 e. The maximum atomic E-state index is 12.2. The topological polar surface area (TPSA) is 64.6 Å². The number of likely N-dealkylation sites (N-methyl/N-ethyl adjacent to an activating group) is 1. The molecule has 0 saturated carbocycles. The molecule has 0 aromatic heterocycles. The Labute approximate surface area is 153 Å². The monoisotopic (exact) mass is 353 g/mol. The van der Waals surface area contributed by atoms with Crippen LogP contribution in [0.2, 0.25) is 0 Å². The molecule has 0 radical (unpaired) electrons. The van der Waals surface area contributed by atoms with Crippen molar-refractivity contribution in [2.24, 2.45) is 0 Å². The molecule has 0 aliphatic carbocycles. The fraction of sp³-hybridized carbons (Fsp3) is 0.238. The fourth-order valence-electron chi connectivity index (χ4n) is 2.28. The van der Waals surface area contributed by atoms with Gasteiger partial charge in [0.1, 0.15) is 0 Å². The van der Waals surface area contributed by atoms with Gasteiger partial charge < -0.3 is 14.8 Å². The molecule has 0 spiro atoms. The van der Waals surface area contributed by atoms with Crippen LogP contribution in [0.1, 0.15) is 28.4 Å². The number of rotatable bonds is 8. The highest BCUT2D eigenvalue weighted by Gasteiger charge is 2.08. The lowest BCUT2D eigenvalue weighted by atomic mass is 10.1. The first-order chi connectivity index (χ1) is 12.5. The van der Waals surface area contributed by atoms with Crippen LogP contribution in [0.5, 0.6) is 11.5 Å². The van der Waals surface area contributed by atoms with E-state index < -0.39 is 0 Å². The predicted octanol–water partition coefficient (Wildman–Crippen LogP) is 3.41. The maximum absolute atomic E-state index is 12.2. The molecule has 5 nitrogen and oxygen atoms in total. The van der Waals surface area contributed by atoms with Gasteiger partial charge in [-0.3, -0.25) is 9.59 Å². The second-order valence-corrected chi connectivity index (χ2v) is 5.72. The SMILES string of the molecule is CCNC(=O)COc1ccc(/C=C/C(=O)c2ccc(C)cc2)cc1OC. The van der Waals surface area contributed by atoms with Gasteiger partial charge in [-0.1, -0.05) is 42.0 Å². The number of benzene rings is 2. The van der Waals surface area contributed by atoms with Crippen LogP contribution in [0, 0.1) is 6.92 Å². The summed E-state index contributed by atoms with van der Waals surface area (Å²) in [5.74, 6) is 0.711. The van der Waals surface area contributed by atoms with Crippen LogP contribution >= 0.6 is 0 Å². The van der Waals surface area contributed by atoms with Crippen LogP contribution in [-0.2, 0) is 4.79 Å². The van der Waals surface area contributed by atoms with Gasteiger partial charge in [0.25, 0.3) is 5.91 Å². The summed E-state index contributed by atoms with van der Waals surface area (Å²) in [6.07, 6.45) is 3.24. The van der Waals surface area contributed by atoms with E-state index in [2.05, 4.69) is 5.32 Å². The highest BCUT2D eigenvalue weighted by molar-refractivity contribution is 6.06. The van der Waals surface area contributed by atoms with E-state index in [1.165, 1.54) is 13.2 Å². The van der Waals surface area contributed by atoms with Crippen molar-refractivity contribution in [2.45, 2.75) is 13.8 Å². The Balaban J connectivity index is 2.07. The number of aryl methyl sites for hydroxylation is 1. The molecule has 0 saturated heterocycles. The van der Waals surface area contributed by atoms with Crippen molar-refractivity contribution in [3.8, 4) is 11.5 Å². The second kappa shape index (κ2) is 9.42. The van der Waals surface area contributed by atoms with Crippen molar-refractivity contribution >= 4 is 17.8 Å². The molecule has 2 aromatic rings. The zero-order valence-corrected chi connectivity index (χ0v) is 15.2. The van der Waals surface area contributed by atoms with Gasteiger partial charge >= 0.3 is 0 Å². The third-order valence-electron chi connectivity index (χ3n) is 3.68. The Morgan fingerprint density at radius 1 is 1.08 bits per heavy atom. The van der Waals surface area contributed by atoms with Gasteiger partial charge in [-0.25, -0.2) is 0 Å². The summed E-state index contributed by atoms with van der Waals surface area (Å²) in [5, 5.41) is 2.66. The van der Waals surface area contributed by atoms with E-state index in [-0.39, 0.29) is 18.3 Å². The average molecular weight is 353 g/mol. The number of ether oxygens (including phenoxy) is 2. The normalized spacial score (nSPS) is 10.6. The summed E-state index contributed by atoms with van der Waals surface area (Å²) in [5.41, 5.74) is 2.55. The number of ketones is 1. The van der Waals surface area contributed by atoms with Crippen molar-refractivity contribution in [1.29, 1.82) is 0 Å². The van der Waals surface area contributed by atoms with E-state index in [0.717, 1.165) is 11.1 Å². The van der Waals surface area contributed by atoms with E-state index in [4.69, 9.17) is 9.47 Å². The minimum Gasteiger partial charge on any atom is -0.493 e. The van der Waals surface area contributed by atoms with Crippen molar-refractivity contribution in [2.75, 3.05) is 20.3 Å². The molecule has 0 atom stereocenters. The molecule has 5 heteroatoms. The molecule has 1 N–H and O–H groups in total. The first-order valence-electron chi connectivity index (χ1n) is 8.40. The smallest absolute Gasteiger partial charge is 0.257 e. The molecule has 0 unspecified atom stereocenters. The largest absolute Gasteiger partial charge is 0.493 e. The summed E-state index contributed by atoms with van der Waals surface area (Å²) in [7, 11) is 1.53. The predicted molar refractivity (Wildman–Crippen MR) is 102 cm³/mol. The number of nitrogens with one attached hydrogen (secondary N) is 1. The first kappa shape index (κ1) is 19.2. The summed E-state index contributed by atoms with van der Waals surface area (Å²) < 4.78 is 10.8. The lowest BCUT2D eigenvalue weighted by molar-refractivity contribution is -0.123. The molecule has 136 valence electrons. The minimum atomic E-state index is -0.192. The van der Waals surface area contributed by atoms with Crippen molar-refractivity contribution in [3.63, 3.8) is 0 Å². The number of carbonyl (C=O) groups excluding carboxylic acids is 2. The Kier molecular flexibility index (Phi) is 6.97. The Hall–Kier alpha value is -3.08. The average Bonchev–Trinajstić information content (AvgIpc) is 2.65. The number of hydrogen-bond donors (Lipinski definition) is 1. The number of amides is 1. The zero-order chi connectivity index (χ0) is 18.9. The lowest BCUT2D eigenvalue weighted by Crippen LogP contribution is -2.28. The second-order valence-electron chi connectivity index (χ2n) is 5.72. The third kappa shape index (κ3) is 5.48. The number of allylic oxidation sites excluding steroid dienone is 1. The van der Waals surface area contributed by atoms with Crippen molar-refractivity contribution in [3.05, 3.63) is 65.2 Å². The van der Waals surface area contributed by atoms with Crippen LogP contribution < -0.4 is 14.8 Å². The standard InChI is InChI=1S/C21H23NO4/c1-4-22-21(24)14-26-19-12-8-16(13-20(19)25-3)7-11-18(23)17-9-5-15(2)6-10-17/h5-13H,4,14H2,1-3H3,(H,22,24)/b11-7+. The van der Waals surface area contributed by atoms with Gasteiger partial charge in [-0.05, 0) is 37.6 Å². The quantitative estimate of drug-likeness (QED) is 0.583. The fourth-order valence-corrected chi connectivity index (χ4v) is 2.28. The molecule has 2 rings (SSSR count). The van der Waals surface area contributed by atoms with E-state index in [1.54, 1.807) is 36.4 Å². The molecule has 0 aliphatic rings. The molecule has 0 bridgehead atoms. The van der Waals surface area contributed by atoms with Gasteiger partial charge in [0.15, 0.2) is 23.9 Å².